The second-order valence-electron chi connectivity index (χ2n) is 7.74. The number of hydrogen-bond donors (Lipinski definition) is 0. The van der Waals surface area contributed by atoms with Gasteiger partial charge in [0, 0.05) is 49.2 Å². The zero-order chi connectivity index (χ0) is 20.0. The number of carbonyl (C=O) groups excluding carboxylic acids is 1. The largest absolute Gasteiger partial charge is 0.332 e. The van der Waals surface area contributed by atoms with E-state index in [-0.39, 0.29) is 12.2 Å². The lowest BCUT2D eigenvalue weighted by Gasteiger charge is -2.07. The van der Waals surface area contributed by atoms with Gasteiger partial charge in [-0.15, -0.1) is 0 Å². The molecule has 0 radical (unpaired) electrons. The highest BCUT2D eigenvalue weighted by Gasteiger charge is 2.18. The van der Waals surface area contributed by atoms with Crippen molar-refractivity contribution in [3.8, 4) is 11.4 Å². The van der Waals surface area contributed by atoms with Crippen molar-refractivity contribution >= 4 is 16.6 Å². The van der Waals surface area contributed by atoms with Crippen molar-refractivity contribution in [3.63, 3.8) is 0 Å². The van der Waals surface area contributed by atoms with E-state index in [0.29, 0.717) is 0 Å². The van der Waals surface area contributed by atoms with E-state index in [4.69, 9.17) is 0 Å². The van der Waals surface area contributed by atoms with Crippen molar-refractivity contribution < 1.29 is 4.79 Å². The molecule has 4 heterocycles. The zero-order valence-electron chi connectivity index (χ0n) is 16.5. The smallest absolute Gasteiger partial charge is 0.168 e. The summed E-state index contributed by atoms with van der Waals surface area (Å²) in [6.07, 6.45) is 7.44. The van der Waals surface area contributed by atoms with Crippen LogP contribution in [0.15, 0.2) is 55.2 Å². The first-order chi connectivity index (χ1) is 14.1. The van der Waals surface area contributed by atoms with Crippen LogP contribution in [-0.4, -0.2) is 37.2 Å². The summed E-state index contributed by atoms with van der Waals surface area (Å²) in [6, 6.07) is 10.0. The van der Waals surface area contributed by atoms with Gasteiger partial charge in [0.25, 0.3) is 0 Å². The molecule has 0 atom stereocenters. The number of benzene rings is 1. The van der Waals surface area contributed by atoms with Crippen LogP contribution in [0.25, 0.3) is 22.2 Å². The van der Waals surface area contributed by atoms with Crippen LogP contribution in [-0.2, 0) is 26.6 Å². The molecular formula is C23H21N5O. The summed E-state index contributed by atoms with van der Waals surface area (Å²) in [7, 11) is 4.04. The minimum absolute atomic E-state index is 0.0927. The Morgan fingerprint density at radius 3 is 2.62 bits per heavy atom. The highest BCUT2D eigenvalue weighted by atomic mass is 16.1. The maximum Gasteiger partial charge on any atom is 0.168 e. The molecule has 1 aliphatic heterocycles. The average Bonchev–Trinajstić information content (AvgIpc) is 3.31. The number of hydrogen-bond acceptors (Lipinski definition) is 5. The Kier molecular flexibility index (Phi) is 4.21. The summed E-state index contributed by atoms with van der Waals surface area (Å²) in [6.45, 7) is 1.84. The van der Waals surface area contributed by atoms with Gasteiger partial charge in [0.05, 0.1) is 30.3 Å². The number of carbonyl (C=O) groups is 1. The van der Waals surface area contributed by atoms with Crippen molar-refractivity contribution in [3.05, 3.63) is 77.6 Å². The van der Waals surface area contributed by atoms with Gasteiger partial charge in [-0.25, -0.2) is 4.98 Å². The molecule has 4 aromatic rings. The van der Waals surface area contributed by atoms with Gasteiger partial charge in [0.15, 0.2) is 5.78 Å². The lowest BCUT2D eigenvalue weighted by molar-refractivity contribution is 0.0992. The molecule has 0 fully saturated rings. The van der Waals surface area contributed by atoms with Gasteiger partial charge in [0.1, 0.15) is 0 Å². The van der Waals surface area contributed by atoms with Gasteiger partial charge in [-0.2, -0.15) is 0 Å². The summed E-state index contributed by atoms with van der Waals surface area (Å²) in [4.78, 5) is 28.3. The predicted molar refractivity (Wildman–Crippen MR) is 111 cm³/mol. The Bertz CT molecular complexity index is 1240. The second kappa shape index (κ2) is 6.90. The third kappa shape index (κ3) is 3.32. The van der Waals surface area contributed by atoms with E-state index in [1.165, 1.54) is 11.1 Å². The fourth-order valence-corrected chi connectivity index (χ4v) is 3.93. The molecule has 1 aromatic carbocycles. The van der Waals surface area contributed by atoms with Crippen molar-refractivity contribution in [2.45, 2.75) is 19.5 Å². The minimum atomic E-state index is 0.0927. The number of Topliss-reactive ketones (excluding diaryl/α,β-unsaturated/α-hetero) is 1. The van der Waals surface area contributed by atoms with Crippen LogP contribution in [0.3, 0.4) is 0 Å². The monoisotopic (exact) mass is 383 g/mol. The Morgan fingerprint density at radius 2 is 1.79 bits per heavy atom. The minimum Gasteiger partial charge on any atom is -0.332 e. The van der Waals surface area contributed by atoms with Gasteiger partial charge >= 0.3 is 0 Å². The highest BCUT2D eigenvalue weighted by molar-refractivity contribution is 5.98. The lowest BCUT2D eigenvalue weighted by atomic mass is 10.0. The first kappa shape index (κ1) is 17.7. The fraction of sp³-hybridized carbons (Fsp3) is 0.217. The number of fused-ring (bicyclic) bond motifs is 2. The Morgan fingerprint density at radius 1 is 0.966 bits per heavy atom. The van der Waals surface area contributed by atoms with E-state index in [2.05, 4.69) is 33.0 Å². The Labute approximate surface area is 168 Å². The van der Waals surface area contributed by atoms with Crippen LogP contribution in [0.2, 0.25) is 0 Å². The molecule has 0 saturated carbocycles. The van der Waals surface area contributed by atoms with E-state index in [9.17, 15) is 4.79 Å². The quantitative estimate of drug-likeness (QED) is 0.506. The maximum absolute atomic E-state index is 12.9. The molecule has 6 nitrogen and oxygen atoms in total. The lowest BCUT2D eigenvalue weighted by Crippen LogP contribution is -2.07. The molecule has 0 bridgehead atoms. The molecule has 144 valence electrons. The molecular weight excluding hydrogens is 362 g/mol. The van der Waals surface area contributed by atoms with E-state index in [1.807, 2.05) is 42.1 Å². The number of pyridine rings is 2. The molecule has 0 unspecified atom stereocenters. The van der Waals surface area contributed by atoms with Gasteiger partial charge in [-0.1, -0.05) is 12.1 Å². The molecule has 3 aromatic heterocycles. The average molecular weight is 383 g/mol. The van der Waals surface area contributed by atoms with Crippen LogP contribution in [0, 0.1) is 0 Å². The second-order valence-corrected chi connectivity index (χ2v) is 7.74. The molecule has 29 heavy (non-hydrogen) atoms. The third-order valence-corrected chi connectivity index (χ3v) is 5.49. The van der Waals surface area contributed by atoms with Crippen molar-refractivity contribution in [2.24, 2.45) is 7.05 Å². The first-order valence-corrected chi connectivity index (χ1v) is 9.62. The van der Waals surface area contributed by atoms with Gasteiger partial charge in [-0.05, 0) is 41.8 Å². The number of ketones is 1. The van der Waals surface area contributed by atoms with E-state index in [1.54, 1.807) is 18.7 Å². The Balaban J connectivity index is 1.42. The van der Waals surface area contributed by atoms with Crippen LogP contribution in [0.5, 0.6) is 0 Å². The third-order valence-electron chi connectivity index (χ3n) is 5.49. The van der Waals surface area contributed by atoms with Crippen LogP contribution >= 0.6 is 0 Å². The van der Waals surface area contributed by atoms with Crippen molar-refractivity contribution in [2.75, 3.05) is 7.05 Å². The van der Waals surface area contributed by atoms with E-state index >= 15 is 0 Å². The summed E-state index contributed by atoms with van der Waals surface area (Å²) in [5.41, 5.74) is 5.88. The predicted octanol–water partition coefficient (Wildman–Crippen LogP) is 3.40. The molecule has 1 aliphatic rings. The number of nitrogens with zero attached hydrogens (tertiary/aromatic N) is 5. The van der Waals surface area contributed by atoms with Gasteiger partial charge in [-0.3, -0.25) is 19.7 Å². The summed E-state index contributed by atoms with van der Waals surface area (Å²) < 4.78 is 1.94. The van der Waals surface area contributed by atoms with E-state index in [0.717, 1.165) is 46.5 Å². The summed E-state index contributed by atoms with van der Waals surface area (Å²) in [5, 5.41) is 1.97. The fourth-order valence-electron chi connectivity index (χ4n) is 3.93. The number of aromatic nitrogens is 4. The van der Waals surface area contributed by atoms with E-state index < -0.39 is 0 Å². The van der Waals surface area contributed by atoms with Crippen molar-refractivity contribution in [1.29, 1.82) is 0 Å². The van der Waals surface area contributed by atoms with Gasteiger partial charge < -0.3 is 4.57 Å². The molecule has 0 spiro atoms. The topological polar surface area (TPSA) is 63.9 Å². The molecule has 5 rings (SSSR count). The van der Waals surface area contributed by atoms with Crippen LogP contribution in [0.1, 0.15) is 27.2 Å². The first-order valence-electron chi connectivity index (χ1n) is 9.62. The SMILES string of the molecule is CN1Cc2ccc(C(=O)Cc3cc4cc(-c5cncn5C)ncc4cn3)cc2C1. The summed E-state index contributed by atoms with van der Waals surface area (Å²) >= 11 is 0. The molecule has 6 heteroatoms. The standard InChI is InChI=1S/C23H21N5O/c1-27-12-16-4-3-15(5-18(16)13-27)23(29)8-20-6-17-7-21(22-11-24-14-28(22)2)26-10-19(17)9-25-20/h3-7,9-11,14H,8,12-13H2,1-2H3. The molecule has 0 N–H and O–H groups in total. The van der Waals surface area contributed by atoms with Crippen LogP contribution < -0.4 is 0 Å². The maximum atomic E-state index is 12.9. The summed E-state index contributed by atoms with van der Waals surface area (Å²) in [5.74, 6) is 0.0927. The number of rotatable bonds is 4. The Hall–Kier alpha value is -3.38. The van der Waals surface area contributed by atoms with Crippen LogP contribution in [0.4, 0.5) is 0 Å². The van der Waals surface area contributed by atoms with Gasteiger partial charge in [0.2, 0.25) is 0 Å². The normalized spacial score (nSPS) is 13.7. The molecule has 0 saturated heterocycles. The molecule has 0 aliphatic carbocycles. The number of imidazole rings is 1. The number of aryl methyl sites for hydroxylation is 1. The van der Waals surface area contributed by atoms with Crippen molar-refractivity contribution in [1.82, 2.24) is 24.4 Å². The highest BCUT2D eigenvalue weighted by Crippen LogP contribution is 2.24. The zero-order valence-corrected chi connectivity index (χ0v) is 16.5. The molecule has 0 amide bonds.